The van der Waals surface area contributed by atoms with Gasteiger partial charge in [0.1, 0.15) is 5.78 Å². The molecule has 1 aromatic carbocycles. The van der Waals surface area contributed by atoms with Gasteiger partial charge in [-0.15, -0.1) is 0 Å². The van der Waals surface area contributed by atoms with Crippen LogP contribution in [0.2, 0.25) is 0 Å². The highest BCUT2D eigenvalue weighted by Crippen LogP contribution is 2.51. The molecule has 2 aliphatic carbocycles. The van der Waals surface area contributed by atoms with Crippen molar-refractivity contribution in [2.24, 2.45) is 5.92 Å². The summed E-state index contributed by atoms with van der Waals surface area (Å²) in [6.07, 6.45) is 6.68. The molecule has 0 heterocycles. The number of hydrogen-bond donors (Lipinski definition) is 1. The van der Waals surface area contributed by atoms with Crippen LogP contribution in [0.1, 0.15) is 44.1 Å². The predicted molar refractivity (Wildman–Crippen MR) is 68.7 cm³/mol. The van der Waals surface area contributed by atoms with Gasteiger partial charge in [-0.1, -0.05) is 31.4 Å². The van der Waals surface area contributed by atoms with Crippen molar-refractivity contribution in [3.8, 4) is 0 Å². The summed E-state index contributed by atoms with van der Waals surface area (Å²) in [6.45, 7) is 0. The van der Waals surface area contributed by atoms with E-state index in [2.05, 4.69) is 0 Å². The smallest absolute Gasteiger partial charge is 0.143 e. The van der Waals surface area contributed by atoms with Crippen LogP contribution in [0.5, 0.6) is 0 Å². The van der Waals surface area contributed by atoms with Gasteiger partial charge in [-0.3, -0.25) is 4.79 Å². The van der Waals surface area contributed by atoms with E-state index >= 15 is 0 Å². The van der Waals surface area contributed by atoms with Crippen molar-refractivity contribution in [2.75, 3.05) is 5.73 Å². The van der Waals surface area contributed by atoms with Crippen LogP contribution >= 0.6 is 0 Å². The number of anilines is 1. The van der Waals surface area contributed by atoms with E-state index in [0.29, 0.717) is 11.7 Å². The normalized spacial score (nSPS) is 21.9. The van der Waals surface area contributed by atoms with Crippen LogP contribution in [0.4, 0.5) is 5.69 Å². The molecule has 0 amide bonds. The number of nitrogen functional groups attached to an aromatic ring is 1. The Hall–Kier alpha value is -1.31. The monoisotopic (exact) mass is 229 g/mol. The summed E-state index contributed by atoms with van der Waals surface area (Å²) >= 11 is 0. The molecule has 2 N–H and O–H groups in total. The van der Waals surface area contributed by atoms with E-state index in [9.17, 15) is 4.79 Å². The number of nitrogens with two attached hydrogens (primary N) is 1. The van der Waals surface area contributed by atoms with Crippen molar-refractivity contribution in [1.29, 1.82) is 0 Å². The van der Waals surface area contributed by atoms with Crippen molar-refractivity contribution >= 4 is 11.5 Å². The first-order valence-electron chi connectivity index (χ1n) is 6.60. The summed E-state index contributed by atoms with van der Waals surface area (Å²) in [5.74, 6) is 1.14. The van der Waals surface area contributed by atoms with Gasteiger partial charge >= 0.3 is 0 Å². The highest BCUT2D eigenvalue weighted by atomic mass is 16.1. The average Bonchev–Trinajstić information content (AvgIpc) is 3.05. The van der Waals surface area contributed by atoms with Crippen LogP contribution in [-0.2, 0) is 10.2 Å². The van der Waals surface area contributed by atoms with Crippen molar-refractivity contribution < 1.29 is 4.79 Å². The molecule has 0 radical (unpaired) electrons. The minimum atomic E-state index is -0.136. The molecule has 0 aliphatic heterocycles. The molecule has 0 saturated heterocycles. The van der Waals surface area contributed by atoms with Crippen LogP contribution in [0.3, 0.4) is 0 Å². The first-order chi connectivity index (χ1) is 8.21. The molecule has 0 bridgehead atoms. The second-order valence-electron chi connectivity index (χ2n) is 5.63. The second-order valence-corrected chi connectivity index (χ2v) is 5.63. The van der Waals surface area contributed by atoms with Crippen molar-refractivity contribution in [2.45, 2.75) is 43.9 Å². The lowest BCUT2D eigenvalue weighted by atomic mass is 9.77. The minimum Gasteiger partial charge on any atom is -0.399 e. The lowest BCUT2D eigenvalue weighted by Gasteiger charge is -2.26. The summed E-state index contributed by atoms with van der Waals surface area (Å²) in [5.41, 5.74) is 7.51. The van der Waals surface area contributed by atoms with E-state index in [-0.39, 0.29) is 5.41 Å². The maximum atomic E-state index is 12.4. The standard InChI is InChI=1S/C15H19NO/c16-13-6-4-12(5-7-13)15(8-9-15)14(17)10-11-2-1-3-11/h4-7,11H,1-3,8-10,16H2. The Morgan fingerprint density at radius 2 is 1.88 bits per heavy atom. The summed E-state index contributed by atoms with van der Waals surface area (Å²) in [7, 11) is 0. The molecule has 90 valence electrons. The molecule has 2 nitrogen and oxygen atoms in total. The zero-order valence-electron chi connectivity index (χ0n) is 10.1. The Morgan fingerprint density at radius 1 is 1.24 bits per heavy atom. The molecule has 0 spiro atoms. The Morgan fingerprint density at radius 3 is 2.35 bits per heavy atom. The fourth-order valence-electron chi connectivity index (χ4n) is 2.81. The van der Waals surface area contributed by atoms with Crippen LogP contribution in [0.25, 0.3) is 0 Å². The molecule has 0 unspecified atom stereocenters. The average molecular weight is 229 g/mol. The summed E-state index contributed by atoms with van der Waals surface area (Å²) < 4.78 is 0. The number of carbonyl (C=O) groups excluding carboxylic acids is 1. The van der Waals surface area contributed by atoms with Crippen LogP contribution < -0.4 is 5.73 Å². The maximum absolute atomic E-state index is 12.4. The molecule has 2 saturated carbocycles. The van der Waals surface area contributed by atoms with E-state index in [0.717, 1.165) is 24.9 Å². The number of Topliss-reactive ketones (excluding diaryl/α,β-unsaturated/α-hetero) is 1. The molecule has 17 heavy (non-hydrogen) atoms. The fourth-order valence-corrected chi connectivity index (χ4v) is 2.81. The van der Waals surface area contributed by atoms with Crippen LogP contribution in [-0.4, -0.2) is 5.78 Å². The van der Waals surface area contributed by atoms with Gasteiger partial charge in [0.2, 0.25) is 0 Å². The zero-order chi connectivity index (χ0) is 11.9. The number of benzene rings is 1. The van der Waals surface area contributed by atoms with Gasteiger partial charge in [0.25, 0.3) is 0 Å². The van der Waals surface area contributed by atoms with Gasteiger partial charge in [0.15, 0.2) is 0 Å². The molecule has 3 rings (SSSR count). The van der Waals surface area contributed by atoms with E-state index < -0.39 is 0 Å². The quantitative estimate of drug-likeness (QED) is 0.806. The SMILES string of the molecule is Nc1ccc(C2(C(=O)CC3CCC3)CC2)cc1. The van der Waals surface area contributed by atoms with Gasteiger partial charge in [0, 0.05) is 12.1 Å². The lowest BCUT2D eigenvalue weighted by molar-refractivity contribution is -0.123. The van der Waals surface area contributed by atoms with Gasteiger partial charge < -0.3 is 5.73 Å². The summed E-state index contributed by atoms with van der Waals surface area (Å²) in [4.78, 5) is 12.4. The summed E-state index contributed by atoms with van der Waals surface area (Å²) in [5, 5.41) is 0. The first kappa shape index (κ1) is 10.8. The van der Waals surface area contributed by atoms with Gasteiger partial charge in [-0.25, -0.2) is 0 Å². The second kappa shape index (κ2) is 3.86. The van der Waals surface area contributed by atoms with Crippen molar-refractivity contribution in [3.63, 3.8) is 0 Å². The van der Waals surface area contributed by atoms with E-state index in [4.69, 9.17) is 5.73 Å². The topological polar surface area (TPSA) is 43.1 Å². The molecular weight excluding hydrogens is 210 g/mol. The number of hydrogen-bond acceptors (Lipinski definition) is 2. The third-order valence-corrected chi connectivity index (χ3v) is 4.45. The third kappa shape index (κ3) is 1.86. The summed E-state index contributed by atoms with van der Waals surface area (Å²) in [6, 6.07) is 7.88. The number of carbonyl (C=O) groups is 1. The molecular formula is C15H19NO. The van der Waals surface area contributed by atoms with Crippen LogP contribution in [0.15, 0.2) is 24.3 Å². The van der Waals surface area contributed by atoms with Gasteiger partial charge in [-0.2, -0.15) is 0 Å². The lowest BCUT2D eigenvalue weighted by Crippen LogP contribution is -2.25. The largest absolute Gasteiger partial charge is 0.399 e. The van der Waals surface area contributed by atoms with E-state index in [1.54, 1.807) is 0 Å². The Bertz CT molecular complexity index is 427. The zero-order valence-corrected chi connectivity index (χ0v) is 10.1. The molecule has 0 aromatic heterocycles. The van der Waals surface area contributed by atoms with E-state index in [1.807, 2.05) is 24.3 Å². The molecule has 1 aromatic rings. The Kier molecular flexibility index (Phi) is 2.46. The van der Waals surface area contributed by atoms with Crippen molar-refractivity contribution in [3.05, 3.63) is 29.8 Å². The van der Waals surface area contributed by atoms with Crippen LogP contribution in [0, 0.1) is 5.92 Å². The molecule has 2 fully saturated rings. The number of rotatable bonds is 4. The van der Waals surface area contributed by atoms with E-state index in [1.165, 1.54) is 24.8 Å². The third-order valence-electron chi connectivity index (χ3n) is 4.45. The Labute approximate surface area is 102 Å². The number of ketones is 1. The first-order valence-corrected chi connectivity index (χ1v) is 6.60. The van der Waals surface area contributed by atoms with Gasteiger partial charge in [0.05, 0.1) is 5.41 Å². The minimum absolute atomic E-state index is 0.136. The molecule has 2 heteroatoms. The highest BCUT2D eigenvalue weighted by molar-refractivity contribution is 5.93. The van der Waals surface area contributed by atoms with Crippen molar-refractivity contribution in [1.82, 2.24) is 0 Å². The molecule has 2 aliphatic rings. The molecule has 0 atom stereocenters. The predicted octanol–water partition coefficient (Wildman–Crippen LogP) is 3.06. The Balaban J connectivity index is 1.76. The fraction of sp³-hybridized carbons (Fsp3) is 0.533. The highest BCUT2D eigenvalue weighted by Gasteiger charge is 2.50. The maximum Gasteiger partial charge on any atom is 0.143 e. The van der Waals surface area contributed by atoms with Gasteiger partial charge in [-0.05, 0) is 36.5 Å².